The van der Waals surface area contributed by atoms with Crippen LogP contribution < -0.4 is 11.1 Å². The zero-order valence-corrected chi connectivity index (χ0v) is 16.5. The van der Waals surface area contributed by atoms with Crippen LogP contribution in [0.1, 0.15) is 51.5 Å². The summed E-state index contributed by atoms with van der Waals surface area (Å²) >= 11 is 0. The van der Waals surface area contributed by atoms with E-state index >= 15 is 0 Å². The summed E-state index contributed by atoms with van der Waals surface area (Å²) in [5.74, 6) is -0.0948. The predicted octanol–water partition coefficient (Wildman–Crippen LogP) is 2.87. The minimum atomic E-state index is -3.57. The second kappa shape index (κ2) is 9.89. The van der Waals surface area contributed by atoms with Crippen LogP contribution in [-0.2, 0) is 14.8 Å². The molecule has 0 saturated carbocycles. The lowest BCUT2D eigenvalue weighted by atomic mass is 10.1. The predicted molar refractivity (Wildman–Crippen MR) is 102 cm³/mol. The molecular formula is C18H31N3O3S. The summed E-state index contributed by atoms with van der Waals surface area (Å²) < 4.78 is 26.5. The summed E-state index contributed by atoms with van der Waals surface area (Å²) in [6, 6.07) is 4.69. The van der Waals surface area contributed by atoms with Gasteiger partial charge in [-0.3, -0.25) is 4.79 Å². The Morgan fingerprint density at radius 2 is 1.84 bits per heavy atom. The first kappa shape index (κ1) is 21.6. The van der Waals surface area contributed by atoms with E-state index in [-0.39, 0.29) is 16.8 Å². The highest BCUT2D eigenvalue weighted by atomic mass is 32.2. The lowest BCUT2D eigenvalue weighted by molar-refractivity contribution is -0.116. The van der Waals surface area contributed by atoms with E-state index in [1.165, 1.54) is 10.4 Å². The molecule has 6 nitrogen and oxygen atoms in total. The summed E-state index contributed by atoms with van der Waals surface area (Å²) in [4.78, 5) is 12.3. The van der Waals surface area contributed by atoms with Crippen molar-refractivity contribution in [3.63, 3.8) is 0 Å². The SMILES string of the molecule is Cc1ccc(S(=O)(=O)N(C)C(C)C)cc1NC(=O)CCCCCCN. The van der Waals surface area contributed by atoms with Crippen LogP contribution in [0.4, 0.5) is 5.69 Å². The first-order valence-corrected chi connectivity index (χ1v) is 10.2. The van der Waals surface area contributed by atoms with Gasteiger partial charge in [0, 0.05) is 25.2 Å². The number of sulfonamides is 1. The summed E-state index contributed by atoms with van der Waals surface area (Å²) in [7, 11) is -2.02. The smallest absolute Gasteiger partial charge is 0.243 e. The Labute approximate surface area is 151 Å². The van der Waals surface area contributed by atoms with Crippen molar-refractivity contribution >= 4 is 21.6 Å². The normalized spacial score (nSPS) is 12.0. The van der Waals surface area contributed by atoms with Gasteiger partial charge in [-0.15, -0.1) is 0 Å². The zero-order valence-electron chi connectivity index (χ0n) is 15.7. The first-order valence-electron chi connectivity index (χ1n) is 8.78. The van der Waals surface area contributed by atoms with Crippen molar-refractivity contribution in [2.45, 2.75) is 63.8 Å². The first-order chi connectivity index (χ1) is 11.7. The Balaban J connectivity index is 2.80. The van der Waals surface area contributed by atoms with Crippen molar-refractivity contribution < 1.29 is 13.2 Å². The fraction of sp³-hybridized carbons (Fsp3) is 0.611. The van der Waals surface area contributed by atoms with Gasteiger partial charge in [-0.1, -0.05) is 18.9 Å². The number of benzene rings is 1. The number of aryl methyl sites for hydroxylation is 1. The van der Waals surface area contributed by atoms with E-state index in [2.05, 4.69) is 5.32 Å². The minimum Gasteiger partial charge on any atom is -0.330 e. The standard InChI is InChI=1S/C18H31N3O3S/c1-14(2)21(4)25(23,24)16-11-10-15(3)17(13-16)20-18(22)9-7-5-6-8-12-19/h10-11,13-14H,5-9,12,19H2,1-4H3,(H,20,22). The molecular weight excluding hydrogens is 338 g/mol. The molecule has 1 aromatic carbocycles. The van der Waals surface area contributed by atoms with Gasteiger partial charge in [-0.05, 0) is 57.9 Å². The lowest BCUT2D eigenvalue weighted by Gasteiger charge is -2.21. The molecule has 0 atom stereocenters. The molecule has 0 bridgehead atoms. The maximum Gasteiger partial charge on any atom is 0.243 e. The highest BCUT2D eigenvalue weighted by Crippen LogP contribution is 2.23. The van der Waals surface area contributed by atoms with Crippen molar-refractivity contribution in [1.29, 1.82) is 0 Å². The van der Waals surface area contributed by atoms with Gasteiger partial charge in [0.15, 0.2) is 0 Å². The van der Waals surface area contributed by atoms with Gasteiger partial charge >= 0.3 is 0 Å². The Kier molecular flexibility index (Phi) is 8.55. The van der Waals surface area contributed by atoms with Gasteiger partial charge in [-0.25, -0.2) is 8.42 Å². The monoisotopic (exact) mass is 369 g/mol. The van der Waals surface area contributed by atoms with E-state index in [9.17, 15) is 13.2 Å². The van der Waals surface area contributed by atoms with E-state index in [4.69, 9.17) is 5.73 Å². The summed E-state index contributed by atoms with van der Waals surface area (Å²) in [6.45, 7) is 6.16. The van der Waals surface area contributed by atoms with Crippen LogP contribution in [0.25, 0.3) is 0 Å². The number of amides is 1. The van der Waals surface area contributed by atoms with Crippen molar-refractivity contribution in [3.8, 4) is 0 Å². The molecule has 7 heteroatoms. The fourth-order valence-electron chi connectivity index (χ4n) is 2.34. The van der Waals surface area contributed by atoms with Crippen LogP contribution in [0.15, 0.2) is 23.1 Å². The van der Waals surface area contributed by atoms with E-state index < -0.39 is 10.0 Å². The molecule has 0 heterocycles. The van der Waals surface area contributed by atoms with Gasteiger partial charge in [0.25, 0.3) is 0 Å². The number of rotatable bonds is 10. The van der Waals surface area contributed by atoms with E-state index in [0.717, 1.165) is 31.2 Å². The van der Waals surface area contributed by atoms with E-state index in [1.807, 2.05) is 20.8 Å². The van der Waals surface area contributed by atoms with Crippen LogP contribution >= 0.6 is 0 Å². The molecule has 3 N–H and O–H groups in total. The minimum absolute atomic E-state index is 0.0948. The van der Waals surface area contributed by atoms with Gasteiger partial charge in [0.1, 0.15) is 0 Å². The molecule has 142 valence electrons. The van der Waals surface area contributed by atoms with Crippen molar-refractivity contribution in [2.75, 3.05) is 18.9 Å². The van der Waals surface area contributed by atoms with Crippen LogP contribution in [0.3, 0.4) is 0 Å². The Morgan fingerprint density at radius 1 is 1.20 bits per heavy atom. The maximum absolute atomic E-state index is 12.6. The van der Waals surface area contributed by atoms with Gasteiger partial charge in [0.2, 0.25) is 15.9 Å². The van der Waals surface area contributed by atoms with Crippen LogP contribution in [0.5, 0.6) is 0 Å². The molecule has 1 aromatic rings. The number of carbonyl (C=O) groups excluding carboxylic acids is 1. The summed E-state index contributed by atoms with van der Waals surface area (Å²) in [5.41, 5.74) is 6.83. The molecule has 0 spiro atoms. The number of anilines is 1. The molecule has 0 fully saturated rings. The summed E-state index contributed by atoms with van der Waals surface area (Å²) in [5, 5.41) is 2.84. The number of hydrogen-bond acceptors (Lipinski definition) is 4. The Morgan fingerprint density at radius 3 is 2.44 bits per heavy atom. The average Bonchev–Trinajstić information content (AvgIpc) is 2.55. The zero-order chi connectivity index (χ0) is 19.0. The number of nitrogens with one attached hydrogen (secondary N) is 1. The van der Waals surface area contributed by atoms with E-state index in [1.54, 1.807) is 19.2 Å². The molecule has 0 aliphatic carbocycles. The largest absolute Gasteiger partial charge is 0.330 e. The molecule has 25 heavy (non-hydrogen) atoms. The maximum atomic E-state index is 12.6. The third-order valence-electron chi connectivity index (χ3n) is 4.25. The number of unbranched alkanes of at least 4 members (excludes halogenated alkanes) is 3. The van der Waals surface area contributed by atoms with Crippen LogP contribution in [0, 0.1) is 6.92 Å². The number of hydrogen-bond donors (Lipinski definition) is 2. The Hall–Kier alpha value is -1.44. The van der Waals surface area contributed by atoms with Gasteiger partial charge in [-0.2, -0.15) is 4.31 Å². The van der Waals surface area contributed by atoms with Gasteiger partial charge in [0.05, 0.1) is 4.90 Å². The van der Waals surface area contributed by atoms with E-state index in [0.29, 0.717) is 18.7 Å². The molecule has 0 aliphatic rings. The molecule has 0 radical (unpaired) electrons. The van der Waals surface area contributed by atoms with Crippen molar-refractivity contribution in [2.24, 2.45) is 5.73 Å². The number of carbonyl (C=O) groups is 1. The molecule has 0 saturated heterocycles. The molecule has 0 aliphatic heterocycles. The highest BCUT2D eigenvalue weighted by molar-refractivity contribution is 7.89. The second-order valence-electron chi connectivity index (χ2n) is 6.59. The molecule has 0 aromatic heterocycles. The summed E-state index contributed by atoms with van der Waals surface area (Å²) in [6.07, 6.45) is 4.20. The topological polar surface area (TPSA) is 92.5 Å². The van der Waals surface area contributed by atoms with Crippen molar-refractivity contribution in [3.05, 3.63) is 23.8 Å². The lowest BCUT2D eigenvalue weighted by Crippen LogP contribution is -2.33. The van der Waals surface area contributed by atoms with Crippen LogP contribution in [-0.4, -0.2) is 38.3 Å². The second-order valence-corrected chi connectivity index (χ2v) is 8.59. The van der Waals surface area contributed by atoms with Gasteiger partial charge < -0.3 is 11.1 Å². The Bertz CT molecular complexity index is 672. The molecule has 1 amide bonds. The quantitative estimate of drug-likeness (QED) is 0.620. The average molecular weight is 370 g/mol. The third kappa shape index (κ3) is 6.41. The number of nitrogens with zero attached hydrogens (tertiary/aromatic N) is 1. The third-order valence-corrected chi connectivity index (χ3v) is 6.27. The number of nitrogens with two attached hydrogens (primary N) is 1. The van der Waals surface area contributed by atoms with Crippen LogP contribution in [0.2, 0.25) is 0 Å². The van der Waals surface area contributed by atoms with Crippen molar-refractivity contribution in [1.82, 2.24) is 4.31 Å². The fourth-order valence-corrected chi connectivity index (χ4v) is 3.73. The highest BCUT2D eigenvalue weighted by Gasteiger charge is 2.23. The molecule has 1 rings (SSSR count). The molecule has 0 unspecified atom stereocenters.